The molecule has 1 aromatic carbocycles. The molecule has 1 unspecified atom stereocenters. The Kier molecular flexibility index (Phi) is 3.97. The predicted octanol–water partition coefficient (Wildman–Crippen LogP) is -2.09. The van der Waals surface area contributed by atoms with Crippen molar-refractivity contribution in [3.05, 3.63) is 46.0 Å². The molecule has 0 spiro atoms. The van der Waals surface area contributed by atoms with Crippen molar-refractivity contribution < 1.29 is 35.2 Å². The molecule has 9 heteroatoms. The minimum Gasteiger partial charge on any atom is -0.394 e. The zero-order valence-corrected chi connectivity index (χ0v) is 10.7. The first-order chi connectivity index (χ1) is 9.79. The molecule has 116 valence electrons. The van der Waals surface area contributed by atoms with E-state index >= 15 is 0 Å². The third kappa shape index (κ3) is 2.11. The van der Waals surface area contributed by atoms with Gasteiger partial charge in [0, 0.05) is 5.56 Å². The molecule has 1 aliphatic rings. The van der Waals surface area contributed by atoms with E-state index in [9.17, 15) is 30.5 Å². The van der Waals surface area contributed by atoms with Crippen LogP contribution in [0.2, 0.25) is 0 Å². The van der Waals surface area contributed by atoms with Gasteiger partial charge >= 0.3 is 5.72 Å². The average molecular weight is 301 g/mol. The molecule has 0 saturated carbocycles. The van der Waals surface area contributed by atoms with Crippen LogP contribution < -0.4 is 0 Å². The Balaban J connectivity index is 2.61. The van der Waals surface area contributed by atoms with Gasteiger partial charge in [0.25, 0.3) is 5.79 Å². The molecule has 1 saturated heterocycles. The van der Waals surface area contributed by atoms with Crippen molar-refractivity contribution in [2.24, 2.45) is 0 Å². The Hall–Kier alpha value is -1.62. The molecular weight excluding hydrogens is 286 g/mol. The second-order valence-corrected chi connectivity index (χ2v) is 4.77. The van der Waals surface area contributed by atoms with Gasteiger partial charge in [-0.1, -0.05) is 30.3 Å². The van der Waals surface area contributed by atoms with Gasteiger partial charge in [0.05, 0.1) is 11.5 Å². The quantitative estimate of drug-likeness (QED) is 0.242. The molecule has 0 bridgehead atoms. The first kappa shape index (κ1) is 15.8. The molecule has 0 aliphatic carbocycles. The van der Waals surface area contributed by atoms with Crippen LogP contribution >= 0.6 is 0 Å². The average Bonchev–Trinajstić information content (AvgIpc) is 2.49. The highest BCUT2D eigenvalue weighted by Crippen LogP contribution is 2.43. The number of nitro groups is 1. The lowest BCUT2D eigenvalue weighted by Crippen LogP contribution is -2.74. The fourth-order valence-electron chi connectivity index (χ4n) is 2.34. The number of rotatable bonds is 3. The number of ether oxygens (including phenoxy) is 1. The fraction of sp³-hybridized carbons (Fsp3) is 0.500. The molecule has 1 aromatic rings. The van der Waals surface area contributed by atoms with Crippen molar-refractivity contribution in [1.29, 1.82) is 0 Å². The number of aliphatic hydroxyl groups is 5. The topological polar surface area (TPSA) is 154 Å². The Morgan fingerprint density at radius 2 is 1.81 bits per heavy atom. The van der Waals surface area contributed by atoms with Gasteiger partial charge in [-0.15, -0.1) is 0 Å². The van der Waals surface area contributed by atoms with Crippen molar-refractivity contribution in [2.75, 3.05) is 6.61 Å². The molecule has 2 rings (SSSR count). The second kappa shape index (κ2) is 5.30. The lowest BCUT2D eigenvalue weighted by molar-refractivity contribution is -0.698. The lowest BCUT2D eigenvalue weighted by atomic mass is 9.83. The van der Waals surface area contributed by atoms with Crippen LogP contribution in [0.3, 0.4) is 0 Å². The number of nitrogens with zero attached hydrogens (tertiary/aromatic N) is 1. The second-order valence-electron chi connectivity index (χ2n) is 4.77. The molecule has 1 heterocycles. The molecule has 5 atom stereocenters. The number of aliphatic hydroxyl groups excluding tert-OH is 3. The highest BCUT2D eigenvalue weighted by Gasteiger charge is 2.73. The highest BCUT2D eigenvalue weighted by molar-refractivity contribution is 5.25. The molecule has 21 heavy (non-hydrogen) atoms. The van der Waals surface area contributed by atoms with Crippen LogP contribution in [0.25, 0.3) is 0 Å². The summed E-state index contributed by atoms with van der Waals surface area (Å²) in [5.41, 5.74) is -3.60. The predicted molar refractivity (Wildman–Crippen MR) is 66.3 cm³/mol. The Morgan fingerprint density at radius 3 is 2.29 bits per heavy atom. The van der Waals surface area contributed by atoms with E-state index in [4.69, 9.17) is 9.84 Å². The van der Waals surface area contributed by atoms with Crippen molar-refractivity contribution in [3.63, 3.8) is 0 Å². The Bertz CT molecular complexity index is 525. The third-order valence-electron chi connectivity index (χ3n) is 3.56. The van der Waals surface area contributed by atoms with Gasteiger partial charge < -0.3 is 30.3 Å². The van der Waals surface area contributed by atoms with E-state index in [1.165, 1.54) is 24.3 Å². The van der Waals surface area contributed by atoms with Crippen molar-refractivity contribution in [2.45, 2.75) is 29.8 Å². The molecule has 0 amide bonds. The fourth-order valence-corrected chi connectivity index (χ4v) is 2.34. The summed E-state index contributed by atoms with van der Waals surface area (Å²) in [7, 11) is 0. The normalized spacial score (nSPS) is 40.0. The number of benzene rings is 1. The molecule has 1 fully saturated rings. The standard InChI is InChI=1S/C12H15NO8/c14-6-8-9(15)10(16)11(17,13(19)20)12(18,21-8)7-4-2-1-3-5-7/h1-5,8-10,14-18H,6H2/t8-,9+,10+,11-,12?/m1/s1. The largest absolute Gasteiger partial charge is 0.409 e. The summed E-state index contributed by atoms with van der Waals surface area (Å²) in [6.45, 7) is -0.818. The van der Waals surface area contributed by atoms with Crippen molar-refractivity contribution in [1.82, 2.24) is 0 Å². The summed E-state index contributed by atoms with van der Waals surface area (Å²) in [6.07, 6.45) is -5.83. The maximum absolute atomic E-state index is 11.2. The van der Waals surface area contributed by atoms with Gasteiger partial charge in [-0.05, 0) is 0 Å². The SMILES string of the molecule is O=[N+]([O-])[C@@]1(O)[C@@H](O)[C@@H](O)[C@@H](CO)OC1(O)c1ccccc1. The first-order valence-corrected chi connectivity index (χ1v) is 6.08. The maximum Gasteiger partial charge on any atom is 0.409 e. The molecule has 5 N–H and O–H groups in total. The summed E-state index contributed by atoms with van der Waals surface area (Å²) in [5, 5.41) is 60.6. The smallest absolute Gasteiger partial charge is 0.394 e. The molecule has 9 nitrogen and oxygen atoms in total. The maximum atomic E-state index is 11.2. The van der Waals surface area contributed by atoms with E-state index in [0.29, 0.717) is 0 Å². The Labute approximate surface area is 118 Å². The van der Waals surface area contributed by atoms with Crippen molar-refractivity contribution in [3.8, 4) is 0 Å². The van der Waals surface area contributed by atoms with E-state index in [-0.39, 0.29) is 5.56 Å². The zero-order chi connectivity index (χ0) is 15.8. The molecule has 1 aliphatic heterocycles. The van der Waals surface area contributed by atoms with E-state index in [2.05, 4.69) is 0 Å². The number of hydrogen-bond donors (Lipinski definition) is 5. The van der Waals surface area contributed by atoms with Gasteiger partial charge in [-0.2, -0.15) is 0 Å². The summed E-state index contributed by atoms with van der Waals surface area (Å²) in [5.74, 6) is -2.94. The van der Waals surface area contributed by atoms with Crippen LogP contribution in [0.5, 0.6) is 0 Å². The highest BCUT2D eigenvalue weighted by atomic mass is 16.7. The molecule has 0 aromatic heterocycles. The van der Waals surface area contributed by atoms with E-state index in [0.717, 1.165) is 0 Å². The first-order valence-electron chi connectivity index (χ1n) is 6.08. The summed E-state index contributed by atoms with van der Waals surface area (Å²) in [4.78, 5) is 9.87. The third-order valence-corrected chi connectivity index (χ3v) is 3.56. The van der Waals surface area contributed by atoms with Gasteiger partial charge in [-0.25, -0.2) is 0 Å². The number of hydrogen-bond acceptors (Lipinski definition) is 8. The zero-order valence-electron chi connectivity index (χ0n) is 10.7. The summed E-state index contributed by atoms with van der Waals surface area (Å²) >= 11 is 0. The van der Waals surface area contributed by atoms with Crippen LogP contribution in [-0.2, 0) is 10.5 Å². The van der Waals surface area contributed by atoms with Gasteiger partial charge in [0.1, 0.15) is 12.2 Å². The minimum atomic E-state index is -3.40. The van der Waals surface area contributed by atoms with Gasteiger partial charge in [-0.3, -0.25) is 10.1 Å². The van der Waals surface area contributed by atoms with E-state index in [1.807, 2.05) is 0 Å². The minimum absolute atomic E-state index is 0.200. The van der Waals surface area contributed by atoms with Crippen LogP contribution in [0.15, 0.2) is 30.3 Å². The van der Waals surface area contributed by atoms with Gasteiger partial charge in [0.2, 0.25) is 0 Å². The lowest BCUT2D eigenvalue weighted by Gasteiger charge is -2.46. The molecule has 0 radical (unpaired) electrons. The van der Waals surface area contributed by atoms with Crippen LogP contribution in [-0.4, -0.2) is 61.1 Å². The van der Waals surface area contributed by atoms with E-state index < -0.39 is 41.4 Å². The van der Waals surface area contributed by atoms with Crippen LogP contribution in [0, 0.1) is 10.1 Å². The Morgan fingerprint density at radius 1 is 1.24 bits per heavy atom. The summed E-state index contributed by atoms with van der Waals surface area (Å²) < 4.78 is 4.97. The van der Waals surface area contributed by atoms with Crippen LogP contribution in [0.1, 0.15) is 5.56 Å². The van der Waals surface area contributed by atoms with Crippen molar-refractivity contribution >= 4 is 0 Å². The summed E-state index contributed by atoms with van der Waals surface area (Å²) in [6, 6.07) is 6.92. The molecular formula is C12H15NO8. The van der Waals surface area contributed by atoms with E-state index in [1.54, 1.807) is 6.07 Å². The van der Waals surface area contributed by atoms with Crippen LogP contribution in [0.4, 0.5) is 0 Å². The van der Waals surface area contributed by atoms with Gasteiger partial charge in [0.15, 0.2) is 6.10 Å². The monoisotopic (exact) mass is 301 g/mol.